The lowest BCUT2D eigenvalue weighted by Crippen LogP contribution is -2.50. The third-order valence-electron chi connectivity index (χ3n) is 2.89. The lowest BCUT2D eigenvalue weighted by atomic mass is 9.78. The van der Waals surface area contributed by atoms with Crippen molar-refractivity contribution >= 4 is 17.5 Å². The van der Waals surface area contributed by atoms with Crippen LogP contribution in [0.25, 0.3) is 0 Å². The average Bonchev–Trinajstić information content (AvgIpc) is 2.16. The van der Waals surface area contributed by atoms with Gasteiger partial charge in [-0.2, -0.15) is 0 Å². The zero-order valence-corrected chi connectivity index (χ0v) is 9.34. The first-order chi connectivity index (χ1) is 7.11. The molecule has 15 heavy (non-hydrogen) atoms. The summed E-state index contributed by atoms with van der Waals surface area (Å²) in [6, 6.07) is 1.64. The molecule has 4 heteroatoms. The SMILES string of the molecule is CC1(NC(=O)c2ccncc2Cl)CCC1. The largest absolute Gasteiger partial charge is 0.347 e. The van der Waals surface area contributed by atoms with E-state index in [4.69, 9.17) is 11.6 Å². The van der Waals surface area contributed by atoms with Crippen molar-refractivity contribution in [1.82, 2.24) is 10.3 Å². The summed E-state index contributed by atoms with van der Waals surface area (Å²) in [4.78, 5) is 15.7. The van der Waals surface area contributed by atoms with Crippen LogP contribution in [0.15, 0.2) is 18.5 Å². The lowest BCUT2D eigenvalue weighted by molar-refractivity contribution is 0.0850. The Morgan fingerprint density at radius 3 is 2.87 bits per heavy atom. The van der Waals surface area contributed by atoms with Gasteiger partial charge in [0.05, 0.1) is 10.6 Å². The number of carbonyl (C=O) groups excluding carboxylic acids is 1. The number of pyridine rings is 1. The molecule has 1 aromatic heterocycles. The molecule has 1 aromatic rings. The van der Waals surface area contributed by atoms with Crippen molar-refractivity contribution in [3.05, 3.63) is 29.0 Å². The number of carbonyl (C=O) groups is 1. The van der Waals surface area contributed by atoms with Gasteiger partial charge in [0.1, 0.15) is 0 Å². The molecule has 0 saturated heterocycles. The van der Waals surface area contributed by atoms with Crippen LogP contribution in [0.2, 0.25) is 5.02 Å². The monoisotopic (exact) mass is 224 g/mol. The van der Waals surface area contributed by atoms with Crippen molar-refractivity contribution in [2.45, 2.75) is 31.7 Å². The second-order valence-corrected chi connectivity index (χ2v) is 4.63. The first kappa shape index (κ1) is 10.4. The summed E-state index contributed by atoms with van der Waals surface area (Å²) in [6.07, 6.45) is 6.33. The van der Waals surface area contributed by atoms with Gasteiger partial charge < -0.3 is 5.32 Å². The Hall–Kier alpha value is -1.09. The highest BCUT2D eigenvalue weighted by atomic mass is 35.5. The molecule has 1 saturated carbocycles. The van der Waals surface area contributed by atoms with Crippen LogP contribution in [0.4, 0.5) is 0 Å². The van der Waals surface area contributed by atoms with Crippen molar-refractivity contribution in [3.8, 4) is 0 Å². The van der Waals surface area contributed by atoms with Gasteiger partial charge in [0.2, 0.25) is 0 Å². The molecule has 0 aliphatic heterocycles. The van der Waals surface area contributed by atoms with E-state index in [1.807, 2.05) is 0 Å². The molecule has 1 N–H and O–H groups in total. The van der Waals surface area contributed by atoms with E-state index in [-0.39, 0.29) is 11.4 Å². The van der Waals surface area contributed by atoms with E-state index in [2.05, 4.69) is 17.2 Å². The smallest absolute Gasteiger partial charge is 0.253 e. The molecule has 1 fully saturated rings. The number of nitrogens with one attached hydrogen (secondary N) is 1. The average molecular weight is 225 g/mol. The van der Waals surface area contributed by atoms with Crippen LogP contribution >= 0.6 is 11.6 Å². The first-order valence-corrected chi connectivity index (χ1v) is 5.41. The molecule has 2 rings (SSSR count). The van der Waals surface area contributed by atoms with Crippen LogP contribution < -0.4 is 5.32 Å². The molecule has 1 heterocycles. The van der Waals surface area contributed by atoms with Crippen LogP contribution in [-0.2, 0) is 0 Å². The van der Waals surface area contributed by atoms with Crippen LogP contribution in [0.1, 0.15) is 36.5 Å². The third kappa shape index (κ3) is 2.12. The van der Waals surface area contributed by atoms with E-state index in [9.17, 15) is 4.79 Å². The lowest BCUT2D eigenvalue weighted by Gasteiger charge is -2.39. The number of nitrogens with zero attached hydrogens (tertiary/aromatic N) is 1. The molecule has 0 radical (unpaired) electrons. The maximum absolute atomic E-state index is 11.9. The predicted molar refractivity (Wildman–Crippen MR) is 59.0 cm³/mol. The Labute approximate surface area is 93.8 Å². The Morgan fingerprint density at radius 1 is 1.60 bits per heavy atom. The van der Waals surface area contributed by atoms with E-state index in [0.717, 1.165) is 12.8 Å². The standard InChI is InChI=1S/C11H13ClN2O/c1-11(4-2-5-11)14-10(15)8-3-6-13-7-9(8)12/h3,6-7H,2,4-5H2,1H3,(H,14,15). The Kier molecular flexibility index (Phi) is 2.65. The van der Waals surface area contributed by atoms with Gasteiger partial charge in [0, 0.05) is 17.9 Å². The molecule has 0 spiro atoms. The zero-order valence-electron chi connectivity index (χ0n) is 8.59. The fourth-order valence-corrected chi connectivity index (χ4v) is 1.94. The maximum Gasteiger partial charge on any atom is 0.253 e. The van der Waals surface area contributed by atoms with Gasteiger partial charge in [-0.15, -0.1) is 0 Å². The molecule has 0 atom stereocenters. The number of hydrogen-bond donors (Lipinski definition) is 1. The Balaban J connectivity index is 2.11. The minimum absolute atomic E-state index is 0.0380. The van der Waals surface area contributed by atoms with Crippen molar-refractivity contribution in [3.63, 3.8) is 0 Å². The van der Waals surface area contributed by atoms with Crippen molar-refractivity contribution in [1.29, 1.82) is 0 Å². The van der Waals surface area contributed by atoms with Crippen LogP contribution in [0, 0.1) is 0 Å². The fraction of sp³-hybridized carbons (Fsp3) is 0.455. The molecule has 0 unspecified atom stereocenters. The highest BCUT2D eigenvalue weighted by Gasteiger charge is 2.33. The van der Waals surface area contributed by atoms with Gasteiger partial charge in [-0.05, 0) is 32.3 Å². The molecule has 1 amide bonds. The van der Waals surface area contributed by atoms with Gasteiger partial charge in [0.15, 0.2) is 0 Å². The molecule has 0 bridgehead atoms. The first-order valence-electron chi connectivity index (χ1n) is 5.03. The second kappa shape index (κ2) is 3.81. The molecular formula is C11H13ClN2O. The van der Waals surface area contributed by atoms with Crippen molar-refractivity contribution < 1.29 is 4.79 Å². The topological polar surface area (TPSA) is 42.0 Å². The quantitative estimate of drug-likeness (QED) is 0.838. The summed E-state index contributed by atoms with van der Waals surface area (Å²) in [7, 11) is 0. The zero-order chi connectivity index (χ0) is 10.9. The predicted octanol–water partition coefficient (Wildman–Crippen LogP) is 2.41. The molecule has 80 valence electrons. The summed E-state index contributed by atoms with van der Waals surface area (Å²) in [5, 5.41) is 3.40. The molecule has 1 aliphatic rings. The number of hydrogen-bond acceptors (Lipinski definition) is 2. The highest BCUT2D eigenvalue weighted by Crippen LogP contribution is 2.31. The minimum atomic E-state index is -0.107. The van der Waals surface area contributed by atoms with Crippen molar-refractivity contribution in [2.24, 2.45) is 0 Å². The van der Waals surface area contributed by atoms with Gasteiger partial charge >= 0.3 is 0 Å². The second-order valence-electron chi connectivity index (χ2n) is 4.22. The summed E-state index contributed by atoms with van der Waals surface area (Å²) in [5.74, 6) is -0.107. The van der Waals surface area contributed by atoms with E-state index in [0.29, 0.717) is 10.6 Å². The van der Waals surface area contributed by atoms with Crippen LogP contribution in [0.3, 0.4) is 0 Å². The van der Waals surface area contributed by atoms with Crippen molar-refractivity contribution in [2.75, 3.05) is 0 Å². The van der Waals surface area contributed by atoms with E-state index in [1.54, 1.807) is 12.3 Å². The Morgan fingerprint density at radius 2 is 2.33 bits per heavy atom. The summed E-state index contributed by atoms with van der Waals surface area (Å²) < 4.78 is 0. The number of halogens is 1. The Bertz CT molecular complexity index is 388. The summed E-state index contributed by atoms with van der Waals surface area (Å²) >= 11 is 5.89. The van der Waals surface area contributed by atoms with Crippen LogP contribution in [0.5, 0.6) is 0 Å². The molecule has 1 aliphatic carbocycles. The van der Waals surface area contributed by atoms with E-state index >= 15 is 0 Å². The molecule has 3 nitrogen and oxygen atoms in total. The normalized spacial score (nSPS) is 18.0. The van der Waals surface area contributed by atoms with Crippen LogP contribution in [-0.4, -0.2) is 16.4 Å². The maximum atomic E-state index is 11.9. The van der Waals surface area contributed by atoms with Gasteiger partial charge in [-0.3, -0.25) is 9.78 Å². The summed E-state index contributed by atoms with van der Waals surface area (Å²) in [5.41, 5.74) is 0.462. The highest BCUT2D eigenvalue weighted by molar-refractivity contribution is 6.33. The fourth-order valence-electron chi connectivity index (χ4n) is 1.73. The van der Waals surface area contributed by atoms with E-state index in [1.165, 1.54) is 12.6 Å². The number of amides is 1. The van der Waals surface area contributed by atoms with E-state index < -0.39 is 0 Å². The number of aromatic nitrogens is 1. The van der Waals surface area contributed by atoms with Gasteiger partial charge in [-0.1, -0.05) is 11.6 Å². The minimum Gasteiger partial charge on any atom is -0.347 e. The molecular weight excluding hydrogens is 212 g/mol. The molecule has 0 aromatic carbocycles. The number of rotatable bonds is 2. The van der Waals surface area contributed by atoms with Gasteiger partial charge in [0.25, 0.3) is 5.91 Å². The van der Waals surface area contributed by atoms with Gasteiger partial charge in [-0.25, -0.2) is 0 Å². The summed E-state index contributed by atoms with van der Waals surface area (Å²) in [6.45, 7) is 2.06. The third-order valence-corrected chi connectivity index (χ3v) is 3.19.